The first kappa shape index (κ1) is 11.2. The highest BCUT2D eigenvalue weighted by atomic mass is 35.5. The van der Waals surface area contributed by atoms with Crippen LogP contribution in [0.4, 0.5) is 0 Å². The first-order chi connectivity index (χ1) is 7.72. The van der Waals surface area contributed by atoms with Gasteiger partial charge in [-0.05, 0) is 18.4 Å². The van der Waals surface area contributed by atoms with Gasteiger partial charge in [0, 0.05) is 5.69 Å². The summed E-state index contributed by atoms with van der Waals surface area (Å²) in [5, 5.41) is 0.712. The number of halogens is 1. The van der Waals surface area contributed by atoms with Gasteiger partial charge >= 0.3 is 0 Å². The molecule has 1 heterocycles. The van der Waals surface area contributed by atoms with Crippen LogP contribution in [-0.4, -0.2) is 15.8 Å². The molecule has 2 rings (SSSR count). The summed E-state index contributed by atoms with van der Waals surface area (Å²) in [6, 6.07) is 9.33. The third kappa shape index (κ3) is 2.13. The molecule has 0 aliphatic carbocycles. The lowest BCUT2D eigenvalue weighted by atomic mass is 10.3. The van der Waals surface area contributed by atoms with Crippen LogP contribution in [0, 0.1) is 0 Å². The van der Waals surface area contributed by atoms with Gasteiger partial charge in [-0.3, -0.25) is 9.36 Å². The van der Waals surface area contributed by atoms with E-state index in [0.717, 1.165) is 5.69 Å². The van der Waals surface area contributed by atoms with Gasteiger partial charge in [-0.2, -0.15) is 0 Å². The molecule has 1 aromatic heterocycles. The lowest BCUT2D eigenvalue weighted by Crippen LogP contribution is -2.20. The Hall–Kier alpha value is -1.26. The maximum atomic E-state index is 12.0. The van der Waals surface area contributed by atoms with Crippen LogP contribution >= 0.6 is 23.4 Å². The number of nitrogens with zero attached hydrogens (tertiary/aromatic N) is 2. The van der Waals surface area contributed by atoms with E-state index in [1.54, 1.807) is 6.26 Å². The maximum absolute atomic E-state index is 12.0. The predicted octanol–water partition coefficient (Wildman–Crippen LogP) is 2.61. The number of thioether (sulfide) groups is 1. The molecule has 82 valence electrons. The molecule has 0 aliphatic rings. The van der Waals surface area contributed by atoms with Crippen molar-refractivity contribution in [1.82, 2.24) is 9.55 Å². The van der Waals surface area contributed by atoms with E-state index in [9.17, 15) is 4.79 Å². The lowest BCUT2D eigenvalue weighted by Gasteiger charge is -2.06. The Morgan fingerprint density at radius 3 is 2.62 bits per heavy atom. The van der Waals surface area contributed by atoms with Crippen LogP contribution in [-0.2, 0) is 0 Å². The van der Waals surface area contributed by atoms with Crippen molar-refractivity contribution in [2.45, 2.75) is 5.03 Å². The molecular formula is C11H9ClN2OS. The topological polar surface area (TPSA) is 34.9 Å². The van der Waals surface area contributed by atoms with E-state index in [-0.39, 0.29) is 5.56 Å². The Morgan fingerprint density at radius 1 is 1.31 bits per heavy atom. The molecule has 16 heavy (non-hydrogen) atoms. The zero-order chi connectivity index (χ0) is 11.5. The summed E-state index contributed by atoms with van der Waals surface area (Å²) < 4.78 is 1.50. The minimum absolute atomic E-state index is 0.150. The standard InChI is InChI=1S/C11H9ClN2OS/c1-16-10-11(15)14(7-9(12)13-10)8-5-3-2-4-6-8/h2-7H,1H3. The second-order valence-corrected chi connectivity index (χ2v) is 4.27. The summed E-state index contributed by atoms with van der Waals surface area (Å²) in [5.41, 5.74) is 0.634. The number of aromatic nitrogens is 2. The van der Waals surface area contributed by atoms with E-state index >= 15 is 0 Å². The van der Waals surface area contributed by atoms with E-state index in [2.05, 4.69) is 4.98 Å². The molecule has 0 fully saturated rings. The molecule has 0 atom stereocenters. The van der Waals surface area contributed by atoms with Crippen LogP contribution in [0.2, 0.25) is 5.15 Å². The minimum Gasteiger partial charge on any atom is -0.279 e. The van der Waals surface area contributed by atoms with E-state index in [1.165, 1.54) is 22.5 Å². The SMILES string of the molecule is CSc1nc(Cl)cn(-c2ccccc2)c1=O. The van der Waals surface area contributed by atoms with Crippen LogP contribution < -0.4 is 5.56 Å². The Bertz CT molecular complexity index is 554. The Morgan fingerprint density at radius 2 is 2.00 bits per heavy atom. The van der Waals surface area contributed by atoms with Crippen molar-refractivity contribution in [3.05, 3.63) is 52.0 Å². The van der Waals surface area contributed by atoms with Gasteiger partial charge < -0.3 is 0 Å². The van der Waals surface area contributed by atoms with E-state index in [1.807, 2.05) is 30.3 Å². The van der Waals surface area contributed by atoms with Crippen LogP contribution in [0.25, 0.3) is 5.69 Å². The highest BCUT2D eigenvalue weighted by molar-refractivity contribution is 7.98. The first-order valence-corrected chi connectivity index (χ1v) is 6.21. The molecule has 0 aliphatic heterocycles. The Kier molecular flexibility index (Phi) is 3.31. The van der Waals surface area contributed by atoms with Crippen LogP contribution in [0.5, 0.6) is 0 Å². The van der Waals surface area contributed by atoms with Gasteiger partial charge in [-0.1, -0.05) is 29.8 Å². The van der Waals surface area contributed by atoms with Crippen LogP contribution in [0.3, 0.4) is 0 Å². The van der Waals surface area contributed by atoms with Crippen molar-refractivity contribution in [3.8, 4) is 5.69 Å². The summed E-state index contributed by atoms with van der Waals surface area (Å²) >= 11 is 7.16. The summed E-state index contributed by atoms with van der Waals surface area (Å²) in [4.78, 5) is 15.9. The molecule has 0 radical (unpaired) electrons. The minimum atomic E-state index is -0.150. The molecule has 0 unspecified atom stereocenters. The fourth-order valence-electron chi connectivity index (χ4n) is 1.36. The third-order valence-corrected chi connectivity index (χ3v) is 2.91. The van der Waals surface area contributed by atoms with Crippen molar-refractivity contribution in [3.63, 3.8) is 0 Å². The average molecular weight is 253 g/mol. The largest absolute Gasteiger partial charge is 0.287 e. The van der Waals surface area contributed by atoms with E-state index < -0.39 is 0 Å². The van der Waals surface area contributed by atoms with Crippen molar-refractivity contribution < 1.29 is 0 Å². The quantitative estimate of drug-likeness (QED) is 0.771. The monoisotopic (exact) mass is 252 g/mol. The van der Waals surface area contributed by atoms with Gasteiger partial charge in [0.1, 0.15) is 5.15 Å². The number of hydrogen-bond acceptors (Lipinski definition) is 3. The molecule has 0 amide bonds. The van der Waals surface area contributed by atoms with Crippen molar-refractivity contribution >= 4 is 23.4 Å². The molecule has 5 heteroatoms. The van der Waals surface area contributed by atoms with Crippen LogP contribution in [0.1, 0.15) is 0 Å². The zero-order valence-electron chi connectivity index (χ0n) is 8.55. The molecule has 0 bridgehead atoms. The molecule has 0 saturated heterocycles. The van der Waals surface area contributed by atoms with E-state index in [4.69, 9.17) is 11.6 Å². The normalized spacial score (nSPS) is 10.4. The Balaban J connectivity index is 2.66. The molecule has 1 aromatic carbocycles. The second-order valence-electron chi connectivity index (χ2n) is 3.08. The zero-order valence-corrected chi connectivity index (χ0v) is 10.1. The predicted molar refractivity (Wildman–Crippen MR) is 66.6 cm³/mol. The molecule has 0 N–H and O–H groups in total. The number of rotatable bonds is 2. The summed E-state index contributed by atoms with van der Waals surface area (Å²) in [6.07, 6.45) is 3.33. The highest BCUT2D eigenvalue weighted by Crippen LogP contribution is 2.13. The summed E-state index contributed by atoms with van der Waals surface area (Å²) in [6.45, 7) is 0. The van der Waals surface area contributed by atoms with E-state index in [0.29, 0.717) is 10.2 Å². The molecular weight excluding hydrogens is 244 g/mol. The molecule has 0 spiro atoms. The van der Waals surface area contributed by atoms with Gasteiger partial charge in [0.05, 0.1) is 6.20 Å². The smallest absolute Gasteiger partial charge is 0.279 e. The molecule has 0 saturated carbocycles. The van der Waals surface area contributed by atoms with Gasteiger partial charge in [0.15, 0.2) is 5.03 Å². The number of benzene rings is 1. The third-order valence-electron chi connectivity index (χ3n) is 2.07. The van der Waals surface area contributed by atoms with Crippen molar-refractivity contribution in [2.75, 3.05) is 6.26 Å². The summed E-state index contributed by atoms with van der Waals surface area (Å²) in [5.74, 6) is 0. The summed E-state index contributed by atoms with van der Waals surface area (Å²) in [7, 11) is 0. The van der Waals surface area contributed by atoms with Gasteiger partial charge in [0.25, 0.3) is 5.56 Å². The fourth-order valence-corrected chi connectivity index (χ4v) is 2.05. The van der Waals surface area contributed by atoms with Crippen LogP contribution in [0.15, 0.2) is 46.3 Å². The van der Waals surface area contributed by atoms with Gasteiger partial charge in [-0.15, -0.1) is 11.8 Å². The lowest BCUT2D eigenvalue weighted by molar-refractivity contribution is 0.884. The maximum Gasteiger partial charge on any atom is 0.287 e. The average Bonchev–Trinajstić information content (AvgIpc) is 2.33. The number of para-hydroxylation sites is 1. The Labute approximate surface area is 102 Å². The first-order valence-electron chi connectivity index (χ1n) is 4.61. The molecule has 2 aromatic rings. The van der Waals surface area contributed by atoms with Gasteiger partial charge in [-0.25, -0.2) is 4.98 Å². The van der Waals surface area contributed by atoms with Crippen molar-refractivity contribution in [2.24, 2.45) is 0 Å². The van der Waals surface area contributed by atoms with Gasteiger partial charge in [0.2, 0.25) is 0 Å². The highest BCUT2D eigenvalue weighted by Gasteiger charge is 2.07. The fraction of sp³-hybridized carbons (Fsp3) is 0.0909. The number of hydrogen-bond donors (Lipinski definition) is 0. The molecule has 3 nitrogen and oxygen atoms in total. The van der Waals surface area contributed by atoms with Crippen molar-refractivity contribution in [1.29, 1.82) is 0 Å². The second kappa shape index (κ2) is 4.72.